The summed E-state index contributed by atoms with van der Waals surface area (Å²) in [5, 5.41) is 2.84. The lowest BCUT2D eigenvalue weighted by atomic mass is 9.93. The van der Waals surface area contributed by atoms with Crippen LogP contribution in [-0.2, 0) is 9.53 Å². The van der Waals surface area contributed by atoms with E-state index in [-0.39, 0.29) is 37.2 Å². The van der Waals surface area contributed by atoms with E-state index in [2.05, 4.69) is 16.8 Å². The van der Waals surface area contributed by atoms with Gasteiger partial charge in [0.05, 0.1) is 25.3 Å². The van der Waals surface area contributed by atoms with E-state index in [4.69, 9.17) is 9.47 Å². The molecule has 212 valence electrons. The molecular formula is C30H35FN4O5. The summed E-state index contributed by atoms with van der Waals surface area (Å²) in [7, 11) is 1.58. The fraction of sp³-hybridized carbons (Fsp3) is 0.367. The van der Waals surface area contributed by atoms with Gasteiger partial charge in [0.2, 0.25) is 0 Å². The Morgan fingerprint density at radius 2 is 1.93 bits per heavy atom. The number of hydrogen-bond acceptors (Lipinski definition) is 6. The van der Waals surface area contributed by atoms with E-state index in [1.165, 1.54) is 23.1 Å². The molecule has 3 amide bonds. The minimum atomic E-state index is -0.881. The van der Waals surface area contributed by atoms with Crippen molar-refractivity contribution in [2.75, 3.05) is 46.4 Å². The summed E-state index contributed by atoms with van der Waals surface area (Å²) >= 11 is 0. The van der Waals surface area contributed by atoms with Crippen molar-refractivity contribution in [3.63, 3.8) is 0 Å². The van der Waals surface area contributed by atoms with Gasteiger partial charge in [0.25, 0.3) is 5.91 Å². The Morgan fingerprint density at radius 3 is 2.55 bits per heavy atom. The number of halogens is 1. The molecular weight excluding hydrogens is 515 g/mol. The molecule has 1 fully saturated rings. The standard InChI is InChI=1S/C30H35FN4O5/c1-5-14-35-25(26(29(37)40-6-2)27(32-30(35)38)22-8-7-9-23(31)17-22)19-33-15-16-34(20(3)18-33)28(36)21-10-12-24(39-4)13-11-21/h5,7-13,17,20,27H,1,6,14-16,18-19H2,2-4H3,(H,32,38). The molecule has 0 bridgehead atoms. The number of carbonyl (C=O) groups is 3. The number of nitrogens with zero attached hydrogens (tertiary/aromatic N) is 3. The van der Waals surface area contributed by atoms with Gasteiger partial charge in [-0.25, -0.2) is 14.0 Å². The van der Waals surface area contributed by atoms with Gasteiger partial charge in [-0.2, -0.15) is 0 Å². The molecule has 9 nitrogen and oxygen atoms in total. The van der Waals surface area contributed by atoms with Gasteiger partial charge in [0.1, 0.15) is 11.6 Å². The first-order chi connectivity index (χ1) is 19.3. The monoisotopic (exact) mass is 550 g/mol. The summed E-state index contributed by atoms with van der Waals surface area (Å²) < 4.78 is 24.7. The van der Waals surface area contributed by atoms with E-state index in [0.717, 1.165) is 0 Å². The molecule has 2 aromatic rings. The summed E-state index contributed by atoms with van der Waals surface area (Å²) in [4.78, 5) is 45.2. The van der Waals surface area contributed by atoms with Crippen molar-refractivity contribution >= 4 is 17.9 Å². The molecule has 1 saturated heterocycles. The smallest absolute Gasteiger partial charge is 0.338 e. The summed E-state index contributed by atoms with van der Waals surface area (Å²) in [5.74, 6) is -0.450. The van der Waals surface area contributed by atoms with Crippen molar-refractivity contribution in [1.29, 1.82) is 0 Å². The molecule has 2 unspecified atom stereocenters. The van der Waals surface area contributed by atoms with Crippen LogP contribution in [0.25, 0.3) is 0 Å². The van der Waals surface area contributed by atoms with Crippen LogP contribution in [0, 0.1) is 5.82 Å². The number of methoxy groups -OCH3 is 1. The van der Waals surface area contributed by atoms with E-state index in [1.807, 2.05) is 11.8 Å². The number of benzene rings is 2. The molecule has 2 aliphatic heterocycles. The number of carbonyl (C=O) groups excluding carboxylic acids is 3. The van der Waals surface area contributed by atoms with Crippen LogP contribution in [0.15, 0.2) is 72.5 Å². The van der Waals surface area contributed by atoms with Crippen molar-refractivity contribution in [3.05, 3.63) is 89.4 Å². The molecule has 0 aromatic heterocycles. The Kier molecular flexibility index (Phi) is 9.21. The zero-order valence-corrected chi connectivity index (χ0v) is 23.1. The lowest BCUT2D eigenvalue weighted by Gasteiger charge is -2.43. The minimum Gasteiger partial charge on any atom is -0.497 e. The van der Waals surface area contributed by atoms with Crippen molar-refractivity contribution in [3.8, 4) is 5.75 Å². The number of nitrogens with one attached hydrogen (secondary N) is 1. The van der Waals surface area contributed by atoms with Gasteiger partial charge in [-0.3, -0.25) is 14.6 Å². The molecule has 2 atom stereocenters. The highest BCUT2D eigenvalue weighted by Gasteiger charge is 2.39. The number of amides is 3. The zero-order valence-electron chi connectivity index (χ0n) is 23.1. The van der Waals surface area contributed by atoms with Gasteiger partial charge in [0.15, 0.2) is 0 Å². The molecule has 1 N–H and O–H groups in total. The van der Waals surface area contributed by atoms with Crippen LogP contribution in [0.3, 0.4) is 0 Å². The van der Waals surface area contributed by atoms with Gasteiger partial charge in [0, 0.05) is 50.0 Å². The highest BCUT2D eigenvalue weighted by atomic mass is 19.1. The number of urea groups is 1. The molecule has 0 aliphatic carbocycles. The number of ether oxygens (including phenoxy) is 2. The maximum absolute atomic E-state index is 14.2. The maximum Gasteiger partial charge on any atom is 0.338 e. The molecule has 10 heteroatoms. The third-order valence-electron chi connectivity index (χ3n) is 7.11. The molecule has 2 heterocycles. The van der Waals surface area contributed by atoms with Crippen LogP contribution in [0.5, 0.6) is 5.75 Å². The zero-order chi connectivity index (χ0) is 28.8. The second-order valence-corrected chi connectivity index (χ2v) is 9.73. The van der Waals surface area contributed by atoms with Crippen LogP contribution in [-0.4, -0.2) is 85.1 Å². The van der Waals surface area contributed by atoms with Crippen LogP contribution in [0.4, 0.5) is 9.18 Å². The summed E-state index contributed by atoms with van der Waals surface area (Å²) in [6, 6.07) is 11.4. The van der Waals surface area contributed by atoms with Crippen molar-refractivity contribution < 1.29 is 28.2 Å². The van der Waals surface area contributed by atoms with Gasteiger partial charge >= 0.3 is 12.0 Å². The predicted molar refractivity (Wildman–Crippen MR) is 148 cm³/mol. The van der Waals surface area contributed by atoms with Crippen LogP contribution in [0.2, 0.25) is 0 Å². The first-order valence-electron chi connectivity index (χ1n) is 13.3. The Balaban J connectivity index is 1.63. The van der Waals surface area contributed by atoms with Crippen molar-refractivity contribution in [2.45, 2.75) is 25.9 Å². The fourth-order valence-electron chi connectivity index (χ4n) is 5.17. The topological polar surface area (TPSA) is 91.4 Å². The van der Waals surface area contributed by atoms with Crippen LogP contribution >= 0.6 is 0 Å². The largest absolute Gasteiger partial charge is 0.497 e. The molecule has 0 radical (unpaired) electrons. The number of piperazine rings is 1. The van der Waals surface area contributed by atoms with Gasteiger partial charge in [-0.15, -0.1) is 6.58 Å². The Morgan fingerprint density at radius 1 is 1.18 bits per heavy atom. The van der Waals surface area contributed by atoms with Crippen LogP contribution < -0.4 is 10.1 Å². The molecule has 2 aromatic carbocycles. The van der Waals surface area contributed by atoms with Crippen molar-refractivity contribution in [1.82, 2.24) is 20.0 Å². The highest BCUT2D eigenvalue weighted by Crippen LogP contribution is 2.33. The first kappa shape index (κ1) is 28.8. The van der Waals surface area contributed by atoms with E-state index < -0.39 is 23.9 Å². The Hall–Kier alpha value is -4.18. The molecule has 4 rings (SSSR count). The number of rotatable bonds is 9. The molecule has 0 spiro atoms. The Bertz CT molecular complexity index is 1300. The SMILES string of the molecule is C=CCN1C(=O)NC(c2cccc(F)c2)C(C(=O)OCC)=C1CN1CCN(C(=O)c2ccc(OC)cc2)C(C)C1. The van der Waals surface area contributed by atoms with E-state index in [1.54, 1.807) is 50.4 Å². The summed E-state index contributed by atoms with van der Waals surface area (Å²) in [6.45, 7) is 9.54. The first-order valence-corrected chi connectivity index (χ1v) is 13.3. The molecule has 40 heavy (non-hydrogen) atoms. The highest BCUT2D eigenvalue weighted by molar-refractivity contribution is 5.96. The van der Waals surface area contributed by atoms with Gasteiger partial charge in [-0.1, -0.05) is 18.2 Å². The maximum atomic E-state index is 14.2. The quantitative estimate of drug-likeness (QED) is 0.378. The fourth-order valence-corrected chi connectivity index (χ4v) is 5.17. The van der Waals surface area contributed by atoms with E-state index >= 15 is 0 Å². The minimum absolute atomic E-state index is 0.0715. The summed E-state index contributed by atoms with van der Waals surface area (Å²) in [5.41, 5.74) is 1.74. The average Bonchev–Trinajstić information content (AvgIpc) is 2.94. The normalized spacial score (nSPS) is 19.8. The molecule has 2 aliphatic rings. The third kappa shape index (κ3) is 6.17. The predicted octanol–water partition coefficient (Wildman–Crippen LogP) is 3.75. The summed E-state index contributed by atoms with van der Waals surface area (Å²) in [6.07, 6.45) is 1.58. The average molecular weight is 551 g/mol. The molecule has 0 saturated carbocycles. The lowest BCUT2D eigenvalue weighted by molar-refractivity contribution is -0.139. The second kappa shape index (κ2) is 12.8. The Labute approximate surface area is 233 Å². The van der Waals surface area contributed by atoms with Gasteiger partial charge < -0.3 is 19.7 Å². The number of hydrogen-bond donors (Lipinski definition) is 1. The third-order valence-corrected chi connectivity index (χ3v) is 7.11. The second-order valence-electron chi connectivity index (χ2n) is 9.73. The van der Waals surface area contributed by atoms with Crippen LogP contribution in [0.1, 0.15) is 35.8 Å². The number of esters is 1. The lowest BCUT2D eigenvalue weighted by Crippen LogP contribution is -2.56. The van der Waals surface area contributed by atoms with E-state index in [0.29, 0.717) is 42.2 Å². The van der Waals surface area contributed by atoms with Crippen molar-refractivity contribution in [2.24, 2.45) is 0 Å². The van der Waals surface area contributed by atoms with Gasteiger partial charge in [-0.05, 0) is 55.8 Å². The van der Waals surface area contributed by atoms with E-state index in [9.17, 15) is 18.8 Å².